The van der Waals surface area contributed by atoms with Crippen molar-refractivity contribution in [3.05, 3.63) is 58.1 Å². The van der Waals surface area contributed by atoms with Gasteiger partial charge in [-0.05, 0) is 45.8 Å². The molecule has 0 saturated carbocycles. The molecular weight excluding hydrogens is 332 g/mol. The van der Waals surface area contributed by atoms with Gasteiger partial charge in [0, 0.05) is 26.3 Å². The van der Waals surface area contributed by atoms with E-state index < -0.39 is 0 Å². The van der Waals surface area contributed by atoms with Crippen LogP contribution in [-0.4, -0.2) is 30.0 Å². The second-order valence-corrected chi connectivity index (χ2v) is 5.74. The number of hydrogen-bond donors (Lipinski definition) is 2. The van der Waals surface area contributed by atoms with Crippen molar-refractivity contribution >= 4 is 27.5 Å². The third-order valence-corrected chi connectivity index (χ3v) is 3.69. The zero-order valence-corrected chi connectivity index (χ0v) is 13.5. The smallest absolute Gasteiger partial charge is 0.255 e. The summed E-state index contributed by atoms with van der Waals surface area (Å²) in [7, 11) is 3.46. The fourth-order valence-corrected chi connectivity index (χ4v) is 2.35. The van der Waals surface area contributed by atoms with Crippen LogP contribution in [0.3, 0.4) is 0 Å². The van der Waals surface area contributed by atoms with E-state index in [0.717, 1.165) is 11.3 Å². The fourth-order valence-electron chi connectivity index (χ4n) is 1.92. The van der Waals surface area contributed by atoms with Gasteiger partial charge in [-0.1, -0.05) is 18.2 Å². The van der Waals surface area contributed by atoms with Gasteiger partial charge >= 0.3 is 0 Å². The van der Waals surface area contributed by atoms with Crippen molar-refractivity contribution in [3.8, 4) is 5.75 Å². The van der Waals surface area contributed by atoms with Crippen molar-refractivity contribution in [1.29, 1.82) is 0 Å². The quantitative estimate of drug-likeness (QED) is 0.889. The van der Waals surface area contributed by atoms with E-state index in [-0.39, 0.29) is 11.7 Å². The van der Waals surface area contributed by atoms with Crippen molar-refractivity contribution in [2.45, 2.75) is 6.54 Å². The molecule has 0 aliphatic carbocycles. The number of phenols is 1. The summed E-state index contributed by atoms with van der Waals surface area (Å²) in [4.78, 5) is 13.7. The second-order valence-electron chi connectivity index (χ2n) is 4.88. The Morgan fingerprint density at radius 3 is 2.62 bits per heavy atom. The number of amides is 1. The largest absolute Gasteiger partial charge is 0.507 e. The molecule has 1 amide bonds. The normalized spacial score (nSPS) is 10.2. The number of aromatic hydroxyl groups is 1. The summed E-state index contributed by atoms with van der Waals surface area (Å²) in [5, 5.41) is 12.8. The summed E-state index contributed by atoms with van der Waals surface area (Å²) in [6.07, 6.45) is 0. The van der Waals surface area contributed by atoms with E-state index in [1.165, 1.54) is 0 Å². The highest BCUT2D eigenvalue weighted by Crippen LogP contribution is 2.25. The first-order valence-corrected chi connectivity index (χ1v) is 7.30. The summed E-state index contributed by atoms with van der Waals surface area (Å²) in [5.41, 5.74) is 2.44. The zero-order valence-electron chi connectivity index (χ0n) is 11.9. The summed E-state index contributed by atoms with van der Waals surface area (Å²) in [5.74, 6) is 0.173. The number of para-hydroxylation sites is 1. The number of phenolic OH excluding ortho intramolecular Hbond substituents is 1. The van der Waals surface area contributed by atoms with Crippen molar-refractivity contribution < 1.29 is 9.90 Å². The van der Waals surface area contributed by atoms with Crippen LogP contribution in [-0.2, 0) is 6.54 Å². The van der Waals surface area contributed by atoms with Crippen molar-refractivity contribution in [3.63, 3.8) is 0 Å². The van der Waals surface area contributed by atoms with Crippen LogP contribution in [0.1, 0.15) is 15.9 Å². The monoisotopic (exact) mass is 348 g/mol. The molecule has 0 saturated heterocycles. The number of carbonyl (C=O) groups is 1. The molecule has 2 aromatic rings. The molecule has 0 aliphatic heterocycles. The number of hydrogen-bond acceptors (Lipinski definition) is 3. The summed E-state index contributed by atoms with van der Waals surface area (Å²) >= 11 is 3.29. The molecule has 0 aliphatic rings. The topological polar surface area (TPSA) is 52.6 Å². The van der Waals surface area contributed by atoms with Gasteiger partial charge in [0.05, 0.1) is 10.0 Å². The van der Waals surface area contributed by atoms with E-state index in [1.807, 2.05) is 30.3 Å². The lowest BCUT2D eigenvalue weighted by atomic mass is 10.1. The fraction of sp³-hybridized carbons (Fsp3) is 0.188. The van der Waals surface area contributed by atoms with E-state index in [9.17, 15) is 9.90 Å². The molecule has 0 atom stereocenters. The molecule has 4 nitrogen and oxygen atoms in total. The number of halogens is 1. The first-order chi connectivity index (χ1) is 9.99. The van der Waals surface area contributed by atoms with E-state index in [2.05, 4.69) is 21.2 Å². The molecule has 110 valence electrons. The van der Waals surface area contributed by atoms with E-state index >= 15 is 0 Å². The van der Waals surface area contributed by atoms with Gasteiger partial charge in [-0.2, -0.15) is 0 Å². The molecule has 2 N–H and O–H groups in total. The number of benzene rings is 2. The van der Waals surface area contributed by atoms with Crippen LogP contribution >= 0.6 is 15.9 Å². The summed E-state index contributed by atoms with van der Waals surface area (Å²) < 4.78 is 0.652. The van der Waals surface area contributed by atoms with E-state index in [0.29, 0.717) is 16.6 Å². The Labute approximate surface area is 132 Å². The number of nitrogens with one attached hydrogen (secondary N) is 1. The van der Waals surface area contributed by atoms with Crippen molar-refractivity contribution in [2.75, 3.05) is 19.4 Å². The maximum atomic E-state index is 12.1. The molecule has 0 aromatic heterocycles. The molecule has 2 aromatic carbocycles. The van der Waals surface area contributed by atoms with Gasteiger partial charge in [-0.25, -0.2) is 0 Å². The zero-order chi connectivity index (χ0) is 15.4. The predicted molar refractivity (Wildman–Crippen MR) is 87.6 cm³/mol. The molecule has 0 radical (unpaired) electrons. The lowest BCUT2D eigenvalue weighted by Crippen LogP contribution is -2.22. The van der Waals surface area contributed by atoms with Gasteiger partial charge in [0.15, 0.2) is 0 Å². The Kier molecular flexibility index (Phi) is 4.85. The van der Waals surface area contributed by atoms with E-state index in [1.54, 1.807) is 31.1 Å². The van der Waals surface area contributed by atoms with Crippen LogP contribution in [0, 0.1) is 0 Å². The van der Waals surface area contributed by atoms with Crippen LogP contribution in [0.5, 0.6) is 5.75 Å². The highest BCUT2D eigenvalue weighted by molar-refractivity contribution is 9.10. The van der Waals surface area contributed by atoms with Gasteiger partial charge in [-0.3, -0.25) is 4.79 Å². The molecule has 0 bridgehead atoms. The first kappa shape index (κ1) is 15.4. The predicted octanol–water partition coefficient (Wildman–Crippen LogP) is 3.47. The van der Waals surface area contributed by atoms with Gasteiger partial charge in [0.1, 0.15) is 5.75 Å². The average Bonchev–Trinajstić information content (AvgIpc) is 2.48. The Hall–Kier alpha value is -2.01. The molecule has 0 spiro atoms. The van der Waals surface area contributed by atoms with Gasteiger partial charge in [0.2, 0.25) is 0 Å². The number of rotatable bonds is 4. The van der Waals surface area contributed by atoms with Gasteiger partial charge < -0.3 is 15.3 Å². The lowest BCUT2D eigenvalue weighted by molar-refractivity contribution is 0.0828. The molecule has 0 unspecified atom stereocenters. The van der Waals surface area contributed by atoms with Crippen LogP contribution in [0.15, 0.2) is 46.9 Å². The molecule has 5 heteroatoms. The van der Waals surface area contributed by atoms with Crippen LogP contribution in [0.25, 0.3) is 0 Å². The summed E-state index contributed by atoms with van der Waals surface area (Å²) in [6.45, 7) is 0.566. The molecule has 0 heterocycles. The molecular formula is C16H17BrN2O2. The highest BCUT2D eigenvalue weighted by Gasteiger charge is 2.12. The van der Waals surface area contributed by atoms with Gasteiger partial charge in [0.25, 0.3) is 5.91 Å². The average molecular weight is 349 g/mol. The first-order valence-electron chi connectivity index (χ1n) is 6.51. The maximum absolute atomic E-state index is 12.1. The third kappa shape index (κ3) is 3.76. The number of nitrogens with zero attached hydrogens (tertiary/aromatic N) is 1. The SMILES string of the molecule is CN(C)C(=O)c1ccccc1NCc1ccc(O)c(Br)c1. The molecule has 2 rings (SSSR count). The Morgan fingerprint density at radius 1 is 1.24 bits per heavy atom. The van der Waals surface area contributed by atoms with Crippen LogP contribution in [0.4, 0.5) is 5.69 Å². The van der Waals surface area contributed by atoms with E-state index in [4.69, 9.17) is 0 Å². The highest BCUT2D eigenvalue weighted by atomic mass is 79.9. The van der Waals surface area contributed by atoms with Gasteiger partial charge in [-0.15, -0.1) is 0 Å². The molecule has 0 fully saturated rings. The lowest BCUT2D eigenvalue weighted by Gasteiger charge is -2.15. The van der Waals surface area contributed by atoms with Crippen molar-refractivity contribution in [2.24, 2.45) is 0 Å². The minimum Gasteiger partial charge on any atom is -0.507 e. The second kappa shape index (κ2) is 6.63. The number of carbonyl (C=O) groups excluding carboxylic acids is 1. The number of anilines is 1. The minimum absolute atomic E-state index is 0.0370. The Morgan fingerprint density at radius 2 is 1.95 bits per heavy atom. The Bertz CT molecular complexity index is 656. The molecule has 21 heavy (non-hydrogen) atoms. The van der Waals surface area contributed by atoms with Crippen molar-refractivity contribution in [1.82, 2.24) is 4.90 Å². The summed E-state index contributed by atoms with van der Waals surface area (Å²) in [6, 6.07) is 12.7. The standard InChI is InChI=1S/C16H17BrN2O2/c1-19(2)16(21)12-5-3-4-6-14(12)18-10-11-7-8-15(20)13(17)9-11/h3-9,18,20H,10H2,1-2H3. The third-order valence-electron chi connectivity index (χ3n) is 3.06. The minimum atomic E-state index is -0.0370. The Balaban J connectivity index is 2.16. The van der Waals surface area contributed by atoms with Crippen LogP contribution in [0.2, 0.25) is 0 Å². The maximum Gasteiger partial charge on any atom is 0.255 e. The van der Waals surface area contributed by atoms with Crippen LogP contribution < -0.4 is 5.32 Å².